The molecule has 1 unspecified atom stereocenters. The fraction of sp³-hybridized carbons (Fsp3) is 0.571. The van der Waals surface area contributed by atoms with E-state index in [9.17, 15) is 4.79 Å². The molecule has 0 aliphatic carbocycles. The van der Waals surface area contributed by atoms with Crippen molar-refractivity contribution in [3.63, 3.8) is 0 Å². The van der Waals surface area contributed by atoms with Crippen LogP contribution in [0.25, 0.3) is 0 Å². The quantitative estimate of drug-likeness (QED) is 0.833. The van der Waals surface area contributed by atoms with E-state index in [2.05, 4.69) is 4.98 Å². The molecule has 1 saturated heterocycles. The van der Waals surface area contributed by atoms with Gasteiger partial charge in [-0.2, -0.15) is 0 Å². The van der Waals surface area contributed by atoms with Crippen molar-refractivity contribution in [1.29, 1.82) is 0 Å². The lowest BCUT2D eigenvalue weighted by atomic mass is 9.94. The van der Waals surface area contributed by atoms with Gasteiger partial charge in [-0.3, -0.25) is 9.78 Å². The predicted molar refractivity (Wildman–Crippen MR) is 74.5 cm³/mol. The van der Waals surface area contributed by atoms with Crippen molar-refractivity contribution in [2.75, 3.05) is 27.3 Å². The highest BCUT2D eigenvalue weighted by molar-refractivity contribution is 5.83. The Kier molecular flexibility index (Phi) is 4.25. The van der Waals surface area contributed by atoms with Gasteiger partial charge in [0.25, 0.3) is 0 Å². The zero-order valence-electron chi connectivity index (χ0n) is 12.1. The first-order valence-electron chi connectivity index (χ1n) is 6.55. The summed E-state index contributed by atoms with van der Waals surface area (Å²) in [5.41, 5.74) is 6.66. The average molecular weight is 279 g/mol. The fourth-order valence-corrected chi connectivity index (χ4v) is 2.37. The van der Waals surface area contributed by atoms with E-state index in [4.69, 9.17) is 15.2 Å². The Morgan fingerprint density at radius 3 is 2.85 bits per heavy atom. The molecular weight excluding hydrogens is 258 g/mol. The molecule has 0 bridgehead atoms. The van der Waals surface area contributed by atoms with Gasteiger partial charge in [0, 0.05) is 19.7 Å². The lowest BCUT2D eigenvalue weighted by Gasteiger charge is -2.47. The number of carbonyl (C=O) groups excluding carboxylic acids is 1. The number of nitrogens with zero attached hydrogens (tertiary/aromatic N) is 2. The van der Waals surface area contributed by atoms with Crippen LogP contribution in [0.2, 0.25) is 0 Å². The van der Waals surface area contributed by atoms with Crippen LogP contribution in [0.5, 0.6) is 5.75 Å². The van der Waals surface area contributed by atoms with E-state index in [1.54, 1.807) is 31.5 Å². The standard InChI is InChI=1S/C14H21N3O3/c1-14(20-3)8-17(9-14)13(18)11(15)6-10-4-5-16-7-12(10)19-2/h4-5,7,11H,6,8-9,15H2,1-3H3. The molecule has 20 heavy (non-hydrogen) atoms. The van der Waals surface area contributed by atoms with Gasteiger partial charge in [0.2, 0.25) is 5.91 Å². The van der Waals surface area contributed by atoms with Crippen LogP contribution < -0.4 is 10.5 Å². The molecule has 0 saturated carbocycles. The Balaban J connectivity index is 1.95. The van der Waals surface area contributed by atoms with Crippen molar-refractivity contribution in [3.8, 4) is 5.75 Å². The van der Waals surface area contributed by atoms with Crippen LogP contribution in [0.1, 0.15) is 12.5 Å². The molecule has 2 heterocycles. The molecule has 2 N–H and O–H groups in total. The molecule has 1 fully saturated rings. The predicted octanol–water partition coefficient (Wildman–Crippen LogP) is 0.207. The number of rotatable bonds is 5. The first-order chi connectivity index (χ1) is 9.49. The number of carbonyl (C=O) groups is 1. The number of pyridine rings is 1. The van der Waals surface area contributed by atoms with E-state index in [0.717, 1.165) is 5.56 Å². The van der Waals surface area contributed by atoms with Crippen LogP contribution >= 0.6 is 0 Å². The molecule has 6 nitrogen and oxygen atoms in total. The molecule has 1 amide bonds. The van der Waals surface area contributed by atoms with E-state index in [1.807, 2.05) is 13.0 Å². The largest absolute Gasteiger partial charge is 0.495 e. The highest BCUT2D eigenvalue weighted by atomic mass is 16.5. The minimum atomic E-state index is -0.576. The zero-order valence-corrected chi connectivity index (χ0v) is 12.1. The second-order valence-electron chi connectivity index (χ2n) is 5.35. The molecule has 0 spiro atoms. The first kappa shape index (κ1) is 14.7. The van der Waals surface area contributed by atoms with Crippen molar-refractivity contribution < 1.29 is 14.3 Å². The van der Waals surface area contributed by atoms with Crippen molar-refractivity contribution in [3.05, 3.63) is 24.0 Å². The minimum Gasteiger partial charge on any atom is -0.495 e. The maximum Gasteiger partial charge on any atom is 0.240 e. The number of likely N-dealkylation sites (tertiary alicyclic amines) is 1. The number of hydrogen-bond acceptors (Lipinski definition) is 5. The summed E-state index contributed by atoms with van der Waals surface area (Å²) in [5.74, 6) is 0.597. The van der Waals surface area contributed by atoms with E-state index in [1.165, 1.54) is 0 Å². The number of amides is 1. The van der Waals surface area contributed by atoms with Gasteiger partial charge >= 0.3 is 0 Å². The molecule has 1 aliphatic heterocycles. The van der Waals surface area contributed by atoms with Crippen LogP contribution in [0.3, 0.4) is 0 Å². The molecule has 1 aliphatic rings. The van der Waals surface area contributed by atoms with E-state index >= 15 is 0 Å². The Morgan fingerprint density at radius 2 is 2.25 bits per heavy atom. The Labute approximate surface area is 118 Å². The lowest BCUT2D eigenvalue weighted by Crippen LogP contribution is -2.65. The van der Waals surface area contributed by atoms with Crippen LogP contribution in [0.15, 0.2) is 18.5 Å². The summed E-state index contributed by atoms with van der Waals surface area (Å²) in [7, 11) is 3.23. The number of aromatic nitrogens is 1. The molecule has 0 radical (unpaired) electrons. The molecular formula is C14H21N3O3. The van der Waals surface area contributed by atoms with Crippen molar-refractivity contribution in [1.82, 2.24) is 9.88 Å². The van der Waals surface area contributed by atoms with Gasteiger partial charge < -0.3 is 20.1 Å². The van der Waals surface area contributed by atoms with Crippen molar-refractivity contribution in [2.24, 2.45) is 5.73 Å². The monoisotopic (exact) mass is 279 g/mol. The summed E-state index contributed by atoms with van der Waals surface area (Å²) >= 11 is 0. The maximum absolute atomic E-state index is 12.2. The number of hydrogen-bond donors (Lipinski definition) is 1. The summed E-state index contributed by atoms with van der Waals surface area (Å²) in [4.78, 5) is 17.9. The van der Waals surface area contributed by atoms with Gasteiger partial charge in [-0.15, -0.1) is 0 Å². The van der Waals surface area contributed by atoms with E-state index in [-0.39, 0.29) is 11.5 Å². The summed E-state index contributed by atoms with van der Waals surface area (Å²) < 4.78 is 10.5. The smallest absolute Gasteiger partial charge is 0.240 e. The van der Waals surface area contributed by atoms with Crippen molar-refractivity contribution >= 4 is 5.91 Å². The molecule has 1 atom stereocenters. The third-order valence-corrected chi connectivity index (χ3v) is 3.70. The molecule has 1 aromatic rings. The minimum absolute atomic E-state index is 0.0570. The summed E-state index contributed by atoms with van der Waals surface area (Å²) in [5, 5.41) is 0. The zero-order chi connectivity index (χ0) is 14.8. The second kappa shape index (κ2) is 5.76. The average Bonchev–Trinajstić information content (AvgIpc) is 2.43. The van der Waals surface area contributed by atoms with Gasteiger partial charge in [0.1, 0.15) is 5.75 Å². The highest BCUT2D eigenvalue weighted by Crippen LogP contribution is 2.25. The molecule has 110 valence electrons. The van der Waals surface area contributed by atoms with Crippen LogP contribution in [0, 0.1) is 0 Å². The maximum atomic E-state index is 12.2. The molecule has 6 heteroatoms. The molecule has 2 rings (SSSR count). The fourth-order valence-electron chi connectivity index (χ4n) is 2.37. The molecule has 1 aromatic heterocycles. The summed E-state index contributed by atoms with van der Waals surface area (Å²) in [6, 6.07) is 1.24. The summed E-state index contributed by atoms with van der Waals surface area (Å²) in [6.45, 7) is 3.15. The van der Waals surface area contributed by atoms with E-state index < -0.39 is 6.04 Å². The SMILES string of the molecule is COc1cnccc1CC(N)C(=O)N1CC(C)(OC)C1. The normalized spacial score (nSPS) is 18.3. The highest BCUT2D eigenvalue weighted by Gasteiger charge is 2.42. The van der Waals surface area contributed by atoms with Crippen LogP contribution in [0.4, 0.5) is 0 Å². The Morgan fingerprint density at radius 1 is 1.55 bits per heavy atom. The van der Waals surface area contributed by atoms with Gasteiger partial charge in [-0.25, -0.2) is 0 Å². The second-order valence-corrected chi connectivity index (χ2v) is 5.35. The Bertz CT molecular complexity index is 486. The first-order valence-corrected chi connectivity index (χ1v) is 6.55. The van der Waals surface area contributed by atoms with Gasteiger partial charge in [0.15, 0.2) is 0 Å². The third-order valence-electron chi connectivity index (χ3n) is 3.70. The third kappa shape index (κ3) is 2.91. The number of methoxy groups -OCH3 is 2. The van der Waals surface area contributed by atoms with Crippen LogP contribution in [-0.4, -0.2) is 54.7 Å². The van der Waals surface area contributed by atoms with Gasteiger partial charge in [0.05, 0.1) is 38.0 Å². The van der Waals surface area contributed by atoms with Crippen LogP contribution in [-0.2, 0) is 16.0 Å². The summed E-state index contributed by atoms with van der Waals surface area (Å²) in [6.07, 6.45) is 3.73. The Hall–Kier alpha value is -1.66. The molecule has 0 aromatic carbocycles. The van der Waals surface area contributed by atoms with E-state index in [0.29, 0.717) is 25.3 Å². The number of ether oxygens (including phenoxy) is 2. The van der Waals surface area contributed by atoms with Gasteiger partial charge in [-0.1, -0.05) is 0 Å². The lowest BCUT2D eigenvalue weighted by molar-refractivity contribution is -0.159. The van der Waals surface area contributed by atoms with Crippen molar-refractivity contribution in [2.45, 2.75) is 25.0 Å². The van der Waals surface area contributed by atoms with Gasteiger partial charge in [-0.05, 0) is 18.6 Å². The topological polar surface area (TPSA) is 77.7 Å². The number of nitrogens with two attached hydrogens (primary N) is 1.